The van der Waals surface area contributed by atoms with Crippen LogP contribution in [0.15, 0.2) is 24.3 Å². The van der Waals surface area contributed by atoms with Crippen LogP contribution < -0.4 is 0 Å². The molecule has 1 unspecified atom stereocenters. The fraction of sp³-hybridized carbons (Fsp3) is 0.300. The average molecular weight is 198 g/mol. The van der Waals surface area contributed by atoms with Crippen molar-refractivity contribution in [3.8, 4) is 5.75 Å². The molecule has 0 bridgehead atoms. The Bertz CT molecular complexity index is 308. The van der Waals surface area contributed by atoms with Crippen molar-refractivity contribution in [2.24, 2.45) is 0 Å². The van der Waals surface area contributed by atoms with Crippen LogP contribution in [-0.2, 0) is 4.79 Å². The summed E-state index contributed by atoms with van der Waals surface area (Å²) >= 11 is 0. The molecule has 1 rings (SSSR count). The molecule has 0 radical (unpaired) electrons. The summed E-state index contributed by atoms with van der Waals surface area (Å²) in [6, 6.07) is 5.89. The van der Waals surface area contributed by atoms with Gasteiger partial charge >= 0.3 is 5.97 Å². The SMILES string of the molecule is O=C(O)CC(CF)c1ccc(O)cc1. The first-order valence-electron chi connectivity index (χ1n) is 4.20. The summed E-state index contributed by atoms with van der Waals surface area (Å²) < 4.78 is 12.5. The van der Waals surface area contributed by atoms with Gasteiger partial charge in [-0.05, 0) is 17.7 Å². The molecule has 1 atom stereocenters. The number of carbonyl (C=O) groups is 1. The molecule has 14 heavy (non-hydrogen) atoms. The predicted molar refractivity (Wildman–Crippen MR) is 49.1 cm³/mol. The van der Waals surface area contributed by atoms with Crippen molar-refractivity contribution in [3.05, 3.63) is 29.8 Å². The minimum Gasteiger partial charge on any atom is -0.508 e. The Morgan fingerprint density at radius 2 is 1.93 bits per heavy atom. The minimum absolute atomic E-state index is 0.0849. The zero-order chi connectivity index (χ0) is 10.6. The first-order chi connectivity index (χ1) is 6.63. The Labute approximate surface area is 80.8 Å². The van der Waals surface area contributed by atoms with Gasteiger partial charge in [0.2, 0.25) is 0 Å². The van der Waals surface area contributed by atoms with E-state index in [1.165, 1.54) is 24.3 Å². The molecule has 1 aromatic rings. The number of alkyl halides is 1. The predicted octanol–water partition coefficient (Wildman–Crippen LogP) is 1.92. The first kappa shape index (κ1) is 10.5. The van der Waals surface area contributed by atoms with E-state index in [1.807, 2.05) is 0 Å². The van der Waals surface area contributed by atoms with Crippen LogP contribution in [0, 0.1) is 0 Å². The standard InChI is InChI=1S/C10H11FO3/c11-6-8(5-10(13)14)7-1-3-9(12)4-2-7/h1-4,8,12H,5-6H2,(H,13,14). The van der Waals surface area contributed by atoms with E-state index in [4.69, 9.17) is 10.2 Å². The van der Waals surface area contributed by atoms with Crippen LogP contribution >= 0.6 is 0 Å². The second-order valence-electron chi connectivity index (χ2n) is 3.04. The third kappa shape index (κ3) is 2.73. The summed E-state index contributed by atoms with van der Waals surface area (Å²) in [5, 5.41) is 17.5. The molecule has 0 saturated carbocycles. The Hall–Kier alpha value is -1.58. The highest BCUT2D eigenvalue weighted by molar-refractivity contribution is 5.68. The maximum atomic E-state index is 12.5. The zero-order valence-corrected chi connectivity index (χ0v) is 7.48. The van der Waals surface area contributed by atoms with E-state index in [1.54, 1.807) is 0 Å². The van der Waals surface area contributed by atoms with Crippen molar-refractivity contribution >= 4 is 5.97 Å². The number of hydrogen-bond acceptors (Lipinski definition) is 2. The molecule has 2 N–H and O–H groups in total. The molecule has 0 saturated heterocycles. The lowest BCUT2D eigenvalue weighted by molar-refractivity contribution is -0.137. The summed E-state index contributed by atoms with van der Waals surface area (Å²) in [5.41, 5.74) is 0.590. The van der Waals surface area contributed by atoms with Crippen LogP contribution in [0.25, 0.3) is 0 Å². The number of carboxylic acid groups (broad SMARTS) is 1. The van der Waals surface area contributed by atoms with Crippen molar-refractivity contribution in [2.75, 3.05) is 6.67 Å². The van der Waals surface area contributed by atoms with E-state index in [2.05, 4.69) is 0 Å². The van der Waals surface area contributed by atoms with Gasteiger partial charge in [-0.1, -0.05) is 12.1 Å². The topological polar surface area (TPSA) is 57.5 Å². The van der Waals surface area contributed by atoms with E-state index in [9.17, 15) is 9.18 Å². The van der Waals surface area contributed by atoms with E-state index < -0.39 is 18.6 Å². The smallest absolute Gasteiger partial charge is 0.304 e. The van der Waals surface area contributed by atoms with E-state index in [0.717, 1.165) is 0 Å². The Kier molecular flexibility index (Phi) is 3.45. The summed E-state index contributed by atoms with van der Waals surface area (Å²) in [7, 11) is 0. The van der Waals surface area contributed by atoms with Crippen LogP contribution in [-0.4, -0.2) is 22.9 Å². The number of benzene rings is 1. The van der Waals surface area contributed by atoms with Crippen molar-refractivity contribution in [2.45, 2.75) is 12.3 Å². The lowest BCUT2D eigenvalue weighted by atomic mass is 9.97. The van der Waals surface area contributed by atoms with Gasteiger partial charge in [-0.2, -0.15) is 0 Å². The molecule has 0 spiro atoms. The molecule has 4 heteroatoms. The van der Waals surface area contributed by atoms with Crippen LogP contribution in [0.3, 0.4) is 0 Å². The highest BCUT2D eigenvalue weighted by atomic mass is 19.1. The van der Waals surface area contributed by atoms with Gasteiger partial charge in [0.1, 0.15) is 5.75 Å². The number of aromatic hydroxyl groups is 1. The van der Waals surface area contributed by atoms with Crippen LogP contribution in [0.1, 0.15) is 17.9 Å². The minimum atomic E-state index is -1.03. The Morgan fingerprint density at radius 1 is 1.36 bits per heavy atom. The fourth-order valence-corrected chi connectivity index (χ4v) is 1.22. The molecule has 0 heterocycles. The van der Waals surface area contributed by atoms with Gasteiger partial charge in [0, 0.05) is 5.92 Å². The monoisotopic (exact) mass is 198 g/mol. The number of rotatable bonds is 4. The molecule has 0 aromatic heterocycles. The van der Waals surface area contributed by atoms with E-state index in [-0.39, 0.29) is 12.2 Å². The van der Waals surface area contributed by atoms with Crippen LogP contribution in [0.5, 0.6) is 5.75 Å². The van der Waals surface area contributed by atoms with Crippen molar-refractivity contribution in [3.63, 3.8) is 0 Å². The second-order valence-corrected chi connectivity index (χ2v) is 3.04. The molecule has 76 valence electrons. The summed E-state index contributed by atoms with van der Waals surface area (Å²) in [6.45, 7) is -0.711. The zero-order valence-electron chi connectivity index (χ0n) is 7.48. The lowest BCUT2D eigenvalue weighted by Gasteiger charge is -2.10. The van der Waals surface area contributed by atoms with Crippen molar-refractivity contribution < 1.29 is 19.4 Å². The van der Waals surface area contributed by atoms with Gasteiger partial charge in [0.25, 0.3) is 0 Å². The molecule has 0 fully saturated rings. The lowest BCUT2D eigenvalue weighted by Crippen LogP contribution is -2.07. The highest BCUT2D eigenvalue weighted by Gasteiger charge is 2.14. The summed E-state index contributed by atoms with van der Waals surface area (Å²) in [5.74, 6) is -1.57. The molecule has 0 aliphatic rings. The Balaban J connectivity index is 2.78. The van der Waals surface area contributed by atoms with Gasteiger partial charge in [0.15, 0.2) is 0 Å². The largest absolute Gasteiger partial charge is 0.508 e. The van der Waals surface area contributed by atoms with Crippen molar-refractivity contribution in [1.29, 1.82) is 0 Å². The molecule has 3 nitrogen and oxygen atoms in total. The quantitative estimate of drug-likeness (QED) is 0.777. The van der Waals surface area contributed by atoms with Gasteiger partial charge in [-0.25, -0.2) is 0 Å². The second kappa shape index (κ2) is 4.60. The summed E-state index contributed by atoms with van der Waals surface area (Å²) in [4.78, 5) is 10.4. The fourth-order valence-electron chi connectivity index (χ4n) is 1.22. The number of phenols is 1. The summed E-state index contributed by atoms with van der Waals surface area (Å²) in [6.07, 6.45) is -0.235. The van der Waals surface area contributed by atoms with Crippen molar-refractivity contribution in [1.82, 2.24) is 0 Å². The number of hydrogen-bond donors (Lipinski definition) is 2. The molecular weight excluding hydrogens is 187 g/mol. The van der Waals surface area contributed by atoms with Gasteiger partial charge in [-0.15, -0.1) is 0 Å². The highest BCUT2D eigenvalue weighted by Crippen LogP contribution is 2.22. The average Bonchev–Trinajstić information content (AvgIpc) is 2.15. The molecular formula is C10H11FO3. The maximum absolute atomic E-state index is 12.5. The van der Waals surface area contributed by atoms with Gasteiger partial charge in [0.05, 0.1) is 13.1 Å². The number of halogens is 1. The molecule has 0 amide bonds. The van der Waals surface area contributed by atoms with E-state index in [0.29, 0.717) is 5.56 Å². The number of aliphatic carboxylic acids is 1. The van der Waals surface area contributed by atoms with Gasteiger partial charge in [-0.3, -0.25) is 9.18 Å². The maximum Gasteiger partial charge on any atom is 0.304 e. The normalized spacial score (nSPS) is 12.4. The number of carboxylic acids is 1. The third-order valence-corrected chi connectivity index (χ3v) is 1.97. The molecule has 0 aliphatic heterocycles. The molecule has 1 aromatic carbocycles. The van der Waals surface area contributed by atoms with Gasteiger partial charge < -0.3 is 10.2 Å². The van der Waals surface area contributed by atoms with Crippen LogP contribution in [0.4, 0.5) is 4.39 Å². The first-order valence-corrected chi connectivity index (χ1v) is 4.20. The van der Waals surface area contributed by atoms with Crippen LogP contribution in [0.2, 0.25) is 0 Å². The van der Waals surface area contributed by atoms with E-state index >= 15 is 0 Å². The number of phenolic OH excluding ortho intramolecular Hbond substituents is 1. The third-order valence-electron chi connectivity index (χ3n) is 1.97. The molecule has 0 aliphatic carbocycles. The Morgan fingerprint density at radius 3 is 2.36 bits per heavy atom.